The molecule has 3 aromatic rings. The van der Waals surface area contributed by atoms with Crippen LogP contribution in [0.1, 0.15) is 23.1 Å². The molecular weight excluding hydrogens is 307 g/mol. The minimum atomic E-state index is -0.461. The Balaban J connectivity index is 2.00. The number of halogens is 2. The van der Waals surface area contributed by atoms with Crippen LogP contribution in [0.15, 0.2) is 36.7 Å². The van der Waals surface area contributed by atoms with E-state index in [4.69, 9.17) is 11.6 Å². The normalized spacial score (nSPS) is 10.9. The standard InChI is InChI=1S/C15H12ClFN4O/c1-2-11-14(21-6-5-9(16)7-13(21)19-11)15(22)20-12-4-3-10(17)8-18-12/h3-8H,2H2,1H3,(H,18,20,22). The molecule has 22 heavy (non-hydrogen) atoms. The number of nitrogens with one attached hydrogen (secondary N) is 1. The van der Waals surface area contributed by atoms with Crippen LogP contribution in [0.25, 0.3) is 5.65 Å². The topological polar surface area (TPSA) is 59.3 Å². The molecule has 1 N–H and O–H groups in total. The van der Waals surface area contributed by atoms with E-state index < -0.39 is 5.82 Å². The van der Waals surface area contributed by atoms with Gasteiger partial charge in [-0.2, -0.15) is 0 Å². The first-order valence-corrected chi connectivity index (χ1v) is 7.05. The third kappa shape index (κ3) is 2.65. The van der Waals surface area contributed by atoms with Crippen LogP contribution in [-0.4, -0.2) is 20.3 Å². The molecule has 7 heteroatoms. The van der Waals surface area contributed by atoms with Crippen molar-refractivity contribution in [1.29, 1.82) is 0 Å². The van der Waals surface area contributed by atoms with E-state index in [1.54, 1.807) is 22.7 Å². The van der Waals surface area contributed by atoms with E-state index in [1.807, 2.05) is 6.92 Å². The summed E-state index contributed by atoms with van der Waals surface area (Å²) >= 11 is 5.95. The largest absolute Gasteiger partial charge is 0.305 e. The summed E-state index contributed by atoms with van der Waals surface area (Å²) in [5.74, 6) is -0.542. The van der Waals surface area contributed by atoms with Crippen molar-refractivity contribution in [3.8, 4) is 0 Å². The van der Waals surface area contributed by atoms with Crippen molar-refractivity contribution in [1.82, 2.24) is 14.4 Å². The van der Waals surface area contributed by atoms with Crippen molar-refractivity contribution < 1.29 is 9.18 Å². The summed E-state index contributed by atoms with van der Waals surface area (Å²) in [5, 5.41) is 3.19. The predicted molar refractivity (Wildman–Crippen MR) is 81.7 cm³/mol. The lowest BCUT2D eigenvalue weighted by atomic mass is 10.2. The predicted octanol–water partition coefficient (Wildman–Crippen LogP) is 3.34. The second-order valence-electron chi connectivity index (χ2n) is 4.65. The number of hydrogen-bond donors (Lipinski definition) is 1. The number of imidazole rings is 1. The van der Waals surface area contributed by atoms with Gasteiger partial charge < -0.3 is 5.32 Å². The molecule has 0 aliphatic rings. The highest BCUT2D eigenvalue weighted by Crippen LogP contribution is 2.18. The molecule has 0 saturated heterocycles. The number of aromatic nitrogens is 3. The SMILES string of the molecule is CCc1nc2cc(Cl)ccn2c1C(=O)Nc1ccc(F)cn1. The molecule has 0 radical (unpaired) electrons. The monoisotopic (exact) mass is 318 g/mol. The van der Waals surface area contributed by atoms with Gasteiger partial charge in [0.15, 0.2) is 0 Å². The molecule has 3 heterocycles. The molecule has 0 bridgehead atoms. The zero-order valence-electron chi connectivity index (χ0n) is 11.7. The fourth-order valence-corrected chi connectivity index (χ4v) is 2.33. The maximum absolute atomic E-state index is 12.9. The fourth-order valence-electron chi connectivity index (χ4n) is 2.18. The number of anilines is 1. The van der Waals surface area contributed by atoms with Crippen molar-refractivity contribution in [3.05, 3.63) is 58.9 Å². The molecule has 5 nitrogen and oxygen atoms in total. The molecule has 0 aromatic carbocycles. The summed E-state index contributed by atoms with van der Waals surface area (Å²) in [6.07, 6.45) is 3.33. The van der Waals surface area contributed by atoms with E-state index in [2.05, 4.69) is 15.3 Å². The zero-order valence-corrected chi connectivity index (χ0v) is 12.4. The van der Waals surface area contributed by atoms with Crippen LogP contribution >= 0.6 is 11.6 Å². The summed E-state index contributed by atoms with van der Waals surface area (Å²) in [7, 11) is 0. The number of hydrogen-bond acceptors (Lipinski definition) is 3. The fraction of sp³-hybridized carbons (Fsp3) is 0.133. The molecule has 3 aromatic heterocycles. The maximum Gasteiger partial charge on any atom is 0.275 e. The van der Waals surface area contributed by atoms with Gasteiger partial charge in [-0.15, -0.1) is 0 Å². The van der Waals surface area contributed by atoms with Gasteiger partial charge in [-0.05, 0) is 24.6 Å². The Kier molecular flexibility index (Phi) is 3.77. The first kappa shape index (κ1) is 14.5. The minimum Gasteiger partial charge on any atom is -0.305 e. The number of carbonyl (C=O) groups is 1. The van der Waals surface area contributed by atoms with Crippen molar-refractivity contribution in [2.24, 2.45) is 0 Å². The molecule has 0 unspecified atom stereocenters. The number of aryl methyl sites for hydroxylation is 1. The minimum absolute atomic E-state index is 0.275. The summed E-state index contributed by atoms with van der Waals surface area (Å²) in [5.41, 5.74) is 1.67. The Morgan fingerprint density at radius 2 is 2.23 bits per heavy atom. The Morgan fingerprint density at radius 3 is 2.91 bits per heavy atom. The van der Waals surface area contributed by atoms with Crippen molar-refractivity contribution in [2.75, 3.05) is 5.32 Å². The molecule has 3 rings (SSSR count). The average molecular weight is 319 g/mol. The van der Waals surface area contributed by atoms with Crippen LogP contribution in [0.4, 0.5) is 10.2 Å². The third-order valence-corrected chi connectivity index (χ3v) is 3.41. The lowest BCUT2D eigenvalue weighted by Gasteiger charge is -2.06. The number of nitrogens with zero attached hydrogens (tertiary/aromatic N) is 3. The van der Waals surface area contributed by atoms with Crippen molar-refractivity contribution >= 4 is 29.0 Å². The van der Waals surface area contributed by atoms with E-state index in [1.165, 1.54) is 12.1 Å². The van der Waals surface area contributed by atoms with Crippen LogP contribution in [0.2, 0.25) is 5.02 Å². The second kappa shape index (κ2) is 5.73. The number of carbonyl (C=O) groups excluding carboxylic acids is 1. The summed E-state index contributed by atoms with van der Waals surface area (Å²) in [6, 6.07) is 6.01. The van der Waals surface area contributed by atoms with E-state index in [0.29, 0.717) is 28.5 Å². The van der Waals surface area contributed by atoms with Crippen molar-refractivity contribution in [2.45, 2.75) is 13.3 Å². The zero-order chi connectivity index (χ0) is 15.7. The average Bonchev–Trinajstić information content (AvgIpc) is 2.87. The van der Waals surface area contributed by atoms with Gasteiger partial charge in [-0.25, -0.2) is 14.4 Å². The number of rotatable bonds is 3. The van der Waals surface area contributed by atoms with Crippen LogP contribution in [0.3, 0.4) is 0 Å². The second-order valence-corrected chi connectivity index (χ2v) is 5.09. The molecule has 0 saturated carbocycles. The molecule has 112 valence electrons. The van der Waals surface area contributed by atoms with Crippen LogP contribution in [-0.2, 0) is 6.42 Å². The van der Waals surface area contributed by atoms with Gasteiger partial charge in [-0.1, -0.05) is 18.5 Å². The quantitative estimate of drug-likeness (QED) is 0.805. The first-order valence-electron chi connectivity index (χ1n) is 6.68. The Morgan fingerprint density at radius 1 is 1.41 bits per heavy atom. The molecule has 0 atom stereocenters. The van der Waals surface area contributed by atoms with E-state index in [-0.39, 0.29) is 11.7 Å². The van der Waals surface area contributed by atoms with E-state index >= 15 is 0 Å². The number of fused-ring (bicyclic) bond motifs is 1. The molecule has 0 spiro atoms. The van der Waals surface area contributed by atoms with Crippen LogP contribution in [0, 0.1) is 5.82 Å². The highest BCUT2D eigenvalue weighted by atomic mass is 35.5. The highest BCUT2D eigenvalue weighted by Gasteiger charge is 2.18. The van der Waals surface area contributed by atoms with Gasteiger partial charge in [0.25, 0.3) is 5.91 Å². The summed E-state index contributed by atoms with van der Waals surface area (Å²) in [4.78, 5) is 20.7. The Bertz CT molecular complexity index is 845. The highest BCUT2D eigenvalue weighted by molar-refractivity contribution is 6.30. The molecular formula is C15H12ClFN4O. The van der Waals surface area contributed by atoms with Gasteiger partial charge >= 0.3 is 0 Å². The summed E-state index contributed by atoms with van der Waals surface area (Å²) in [6.45, 7) is 1.91. The van der Waals surface area contributed by atoms with Crippen molar-refractivity contribution in [3.63, 3.8) is 0 Å². The Labute approximate surface area is 130 Å². The smallest absolute Gasteiger partial charge is 0.275 e. The molecule has 0 fully saturated rings. The van der Waals surface area contributed by atoms with Gasteiger partial charge in [0.1, 0.15) is 23.0 Å². The maximum atomic E-state index is 12.9. The lowest BCUT2D eigenvalue weighted by Crippen LogP contribution is -2.17. The van der Waals surface area contributed by atoms with E-state index in [9.17, 15) is 9.18 Å². The van der Waals surface area contributed by atoms with Crippen LogP contribution in [0.5, 0.6) is 0 Å². The lowest BCUT2D eigenvalue weighted by molar-refractivity contribution is 0.102. The third-order valence-electron chi connectivity index (χ3n) is 3.18. The molecule has 0 aliphatic heterocycles. The molecule has 0 aliphatic carbocycles. The van der Waals surface area contributed by atoms with Crippen LogP contribution < -0.4 is 5.32 Å². The van der Waals surface area contributed by atoms with Gasteiger partial charge in [0.05, 0.1) is 11.9 Å². The Hall–Kier alpha value is -2.47. The number of amides is 1. The van der Waals surface area contributed by atoms with Gasteiger partial charge in [0, 0.05) is 17.3 Å². The molecule has 1 amide bonds. The first-order chi connectivity index (χ1) is 10.6. The van der Waals surface area contributed by atoms with Gasteiger partial charge in [-0.3, -0.25) is 9.20 Å². The van der Waals surface area contributed by atoms with E-state index in [0.717, 1.165) is 6.20 Å². The summed E-state index contributed by atoms with van der Waals surface area (Å²) < 4.78 is 14.5. The number of pyridine rings is 2. The van der Waals surface area contributed by atoms with Gasteiger partial charge in [0.2, 0.25) is 0 Å².